The molecule has 0 aliphatic rings. The molecule has 0 saturated carbocycles. The van der Waals surface area contributed by atoms with Gasteiger partial charge in [0.1, 0.15) is 16.5 Å². The van der Waals surface area contributed by atoms with Crippen molar-refractivity contribution in [3.8, 4) is 0 Å². The number of nitrogens with zero attached hydrogens (tertiary/aromatic N) is 2. The van der Waals surface area contributed by atoms with E-state index in [1.165, 1.54) is 18.5 Å². The molecule has 1 heterocycles. The molecule has 0 saturated heterocycles. The minimum absolute atomic E-state index is 0.145. The number of thiocarbonyl (C=S) groups is 1. The molecule has 4 nitrogen and oxygen atoms in total. The Bertz CT molecular complexity index is 605. The highest BCUT2D eigenvalue weighted by molar-refractivity contribution is 9.10. The van der Waals surface area contributed by atoms with Gasteiger partial charge in [-0.2, -0.15) is 0 Å². The Morgan fingerprint density at radius 1 is 1.33 bits per heavy atom. The van der Waals surface area contributed by atoms with Gasteiger partial charge in [-0.1, -0.05) is 12.2 Å². The summed E-state index contributed by atoms with van der Waals surface area (Å²) in [4.78, 5) is 8.28. The zero-order valence-electron chi connectivity index (χ0n) is 9.02. The molecule has 2 aromatic rings. The predicted molar refractivity (Wildman–Crippen MR) is 75.3 cm³/mol. The van der Waals surface area contributed by atoms with Crippen LogP contribution in [0.5, 0.6) is 0 Å². The average Bonchev–Trinajstić information content (AvgIpc) is 2.34. The van der Waals surface area contributed by atoms with Crippen LogP contribution in [0.25, 0.3) is 0 Å². The second-order valence-corrected chi connectivity index (χ2v) is 4.67. The van der Waals surface area contributed by atoms with Crippen LogP contribution in [-0.4, -0.2) is 15.0 Å². The summed E-state index contributed by atoms with van der Waals surface area (Å²) in [7, 11) is 0. The van der Waals surface area contributed by atoms with Crippen molar-refractivity contribution < 1.29 is 4.39 Å². The molecule has 18 heavy (non-hydrogen) atoms. The third kappa shape index (κ3) is 2.80. The summed E-state index contributed by atoms with van der Waals surface area (Å²) in [6.45, 7) is 0. The summed E-state index contributed by atoms with van der Waals surface area (Å²) in [5, 5.41) is 2.98. The first-order chi connectivity index (χ1) is 8.58. The molecule has 0 amide bonds. The second-order valence-electron chi connectivity index (χ2n) is 3.37. The van der Waals surface area contributed by atoms with Crippen LogP contribution < -0.4 is 11.1 Å². The molecule has 0 unspecified atom stereocenters. The highest BCUT2D eigenvalue weighted by Crippen LogP contribution is 2.23. The van der Waals surface area contributed by atoms with Crippen molar-refractivity contribution in [2.24, 2.45) is 5.73 Å². The van der Waals surface area contributed by atoms with E-state index >= 15 is 0 Å². The first-order valence-corrected chi connectivity index (χ1v) is 6.11. The lowest BCUT2D eigenvalue weighted by Crippen LogP contribution is -2.14. The summed E-state index contributed by atoms with van der Waals surface area (Å²) in [5.41, 5.74) is 6.59. The zero-order valence-corrected chi connectivity index (χ0v) is 11.4. The number of hydrogen-bond donors (Lipinski definition) is 2. The molecule has 0 bridgehead atoms. The standard InChI is InChI=1S/C11H8BrFN4S/c12-7-5-6(1-2-8(7)13)17-11-9(10(14)18)15-3-4-16-11/h1-5H,(H2,14,18)(H,16,17). The van der Waals surface area contributed by atoms with Crippen LogP contribution in [-0.2, 0) is 0 Å². The van der Waals surface area contributed by atoms with E-state index in [0.717, 1.165) is 0 Å². The molecular weight excluding hydrogens is 319 g/mol. The van der Waals surface area contributed by atoms with Crippen LogP contribution in [0, 0.1) is 5.82 Å². The number of benzene rings is 1. The van der Waals surface area contributed by atoms with Gasteiger partial charge in [0.25, 0.3) is 0 Å². The lowest BCUT2D eigenvalue weighted by molar-refractivity contribution is 0.621. The van der Waals surface area contributed by atoms with Gasteiger partial charge in [-0.05, 0) is 34.1 Å². The van der Waals surface area contributed by atoms with Crippen molar-refractivity contribution >= 4 is 44.6 Å². The molecule has 0 fully saturated rings. The Morgan fingerprint density at radius 3 is 2.72 bits per heavy atom. The van der Waals surface area contributed by atoms with Crippen molar-refractivity contribution in [1.29, 1.82) is 0 Å². The fraction of sp³-hybridized carbons (Fsp3) is 0. The van der Waals surface area contributed by atoms with Gasteiger partial charge in [0.2, 0.25) is 0 Å². The Morgan fingerprint density at radius 2 is 2.06 bits per heavy atom. The van der Waals surface area contributed by atoms with E-state index in [1.54, 1.807) is 12.1 Å². The number of nitrogens with one attached hydrogen (secondary N) is 1. The molecule has 92 valence electrons. The maximum absolute atomic E-state index is 13.1. The van der Waals surface area contributed by atoms with Gasteiger partial charge in [0.05, 0.1) is 4.47 Å². The monoisotopic (exact) mass is 326 g/mol. The van der Waals surface area contributed by atoms with E-state index in [2.05, 4.69) is 31.2 Å². The number of nitrogens with two attached hydrogens (primary N) is 1. The Hall–Kier alpha value is -1.60. The molecule has 0 aliphatic heterocycles. The van der Waals surface area contributed by atoms with Crippen LogP contribution in [0.1, 0.15) is 5.69 Å². The molecule has 2 rings (SSSR count). The van der Waals surface area contributed by atoms with Crippen LogP contribution in [0.3, 0.4) is 0 Å². The van der Waals surface area contributed by atoms with Gasteiger partial charge in [-0.15, -0.1) is 0 Å². The van der Waals surface area contributed by atoms with E-state index in [9.17, 15) is 4.39 Å². The Balaban J connectivity index is 2.34. The topological polar surface area (TPSA) is 63.8 Å². The fourth-order valence-corrected chi connectivity index (χ4v) is 1.85. The van der Waals surface area contributed by atoms with Gasteiger partial charge >= 0.3 is 0 Å². The van der Waals surface area contributed by atoms with Gasteiger partial charge in [0.15, 0.2) is 5.82 Å². The summed E-state index contributed by atoms with van der Waals surface area (Å²) in [6, 6.07) is 4.51. The second kappa shape index (κ2) is 5.36. The van der Waals surface area contributed by atoms with Crippen molar-refractivity contribution in [1.82, 2.24) is 9.97 Å². The quantitative estimate of drug-likeness (QED) is 0.849. The van der Waals surface area contributed by atoms with E-state index in [-0.39, 0.29) is 10.8 Å². The molecular formula is C11H8BrFN4S. The average molecular weight is 327 g/mol. The Kier molecular flexibility index (Phi) is 3.83. The van der Waals surface area contributed by atoms with Crippen LogP contribution in [0.15, 0.2) is 35.1 Å². The first-order valence-electron chi connectivity index (χ1n) is 4.91. The molecule has 3 N–H and O–H groups in total. The SMILES string of the molecule is NC(=S)c1nccnc1Nc1ccc(F)c(Br)c1. The van der Waals surface area contributed by atoms with Gasteiger partial charge in [-0.3, -0.25) is 0 Å². The van der Waals surface area contributed by atoms with Crippen LogP contribution >= 0.6 is 28.1 Å². The molecule has 1 aromatic carbocycles. The molecule has 0 aliphatic carbocycles. The minimum Gasteiger partial charge on any atom is -0.388 e. The normalized spacial score (nSPS) is 10.1. The maximum Gasteiger partial charge on any atom is 0.159 e. The number of anilines is 2. The minimum atomic E-state index is -0.339. The first kappa shape index (κ1) is 12.8. The van der Waals surface area contributed by atoms with E-state index in [4.69, 9.17) is 18.0 Å². The Labute approximate surface area is 117 Å². The van der Waals surface area contributed by atoms with E-state index < -0.39 is 0 Å². The molecule has 7 heteroatoms. The third-order valence-corrected chi connectivity index (χ3v) is 2.92. The van der Waals surface area contributed by atoms with Crippen molar-refractivity contribution in [2.45, 2.75) is 0 Å². The summed E-state index contributed by atoms with van der Waals surface area (Å²) in [6.07, 6.45) is 3.02. The summed E-state index contributed by atoms with van der Waals surface area (Å²) in [5.74, 6) is 0.0952. The maximum atomic E-state index is 13.1. The summed E-state index contributed by atoms with van der Waals surface area (Å²) < 4.78 is 13.5. The fourth-order valence-electron chi connectivity index (χ4n) is 1.32. The third-order valence-electron chi connectivity index (χ3n) is 2.11. The van der Waals surface area contributed by atoms with E-state index in [0.29, 0.717) is 21.7 Å². The van der Waals surface area contributed by atoms with Crippen molar-refractivity contribution in [2.75, 3.05) is 5.32 Å². The highest BCUT2D eigenvalue weighted by Gasteiger charge is 2.08. The van der Waals surface area contributed by atoms with E-state index in [1.807, 2.05) is 0 Å². The molecule has 0 radical (unpaired) electrons. The predicted octanol–water partition coefficient (Wildman–Crippen LogP) is 2.76. The molecule has 0 atom stereocenters. The van der Waals surface area contributed by atoms with Gasteiger partial charge in [-0.25, -0.2) is 14.4 Å². The smallest absolute Gasteiger partial charge is 0.159 e. The molecule has 0 spiro atoms. The number of halogens is 2. The van der Waals surface area contributed by atoms with Crippen molar-refractivity contribution in [3.63, 3.8) is 0 Å². The number of aromatic nitrogens is 2. The highest BCUT2D eigenvalue weighted by atomic mass is 79.9. The number of hydrogen-bond acceptors (Lipinski definition) is 4. The van der Waals surface area contributed by atoms with Gasteiger partial charge < -0.3 is 11.1 Å². The number of rotatable bonds is 3. The van der Waals surface area contributed by atoms with Crippen LogP contribution in [0.4, 0.5) is 15.9 Å². The van der Waals surface area contributed by atoms with Crippen molar-refractivity contribution in [3.05, 3.63) is 46.6 Å². The summed E-state index contributed by atoms with van der Waals surface area (Å²) >= 11 is 7.98. The van der Waals surface area contributed by atoms with Crippen LogP contribution in [0.2, 0.25) is 0 Å². The lowest BCUT2D eigenvalue weighted by atomic mass is 10.3. The lowest BCUT2D eigenvalue weighted by Gasteiger charge is -2.09. The van der Waals surface area contributed by atoms with Gasteiger partial charge in [0, 0.05) is 18.1 Å². The largest absolute Gasteiger partial charge is 0.388 e. The zero-order chi connectivity index (χ0) is 13.1. The molecule has 1 aromatic heterocycles.